The number of hydrogen-bond donors (Lipinski definition) is 0. The molecule has 2 saturated heterocycles. The van der Waals surface area contributed by atoms with E-state index in [-0.39, 0.29) is 0 Å². The lowest BCUT2D eigenvalue weighted by molar-refractivity contribution is -0.193. The first kappa shape index (κ1) is 6.66. The molecule has 0 aromatic heterocycles. The molecule has 2 bridgehead atoms. The molecule has 1 nitrogen and oxygen atoms in total. The van der Waals surface area contributed by atoms with Crippen LogP contribution in [-0.4, -0.2) is 12.2 Å². The van der Waals surface area contributed by atoms with Crippen molar-refractivity contribution in [3.63, 3.8) is 0 Å². The fourth-order valence-electron chi connectivity index (χ4n) is 2.28. The van der Waals surface area contributed by atoms with Gasteiger partial charge in [-0.1, -0.05) is 13.8 Å². The first-order chi connectivity index (χ1) is 4.77. The van der Waals surface area contributed by atoms with Gasteiger partial charge in [-0.15, -0.1) is 0 Å². The first-order valence-electron chi connectivity index (χ1n) is 4.43. The molecule has 0 radical (unpaired) electrons. The van der Waals surface area contributed by atoms with Crippen molar-refractivity contribution in [3.8, 4) is 0 Å². The average molecular weight is 140 g/mol. The highest BCUT2D eigenvalue weighted by atomic mass is 16.5. The second-order valence-corrected chi connectivity index (χ2v) is 4.02. The van der Waals surface area contributed by atoms with Gasteiger partial charge in [-0.05, 0) is 24.7 Å². The maximum atomic E-state index is 5.65. The van der Waals surface area contributed by atoms with E-state index in [1.807, 2.05) is 0 Å². The maximum Gasteiger partial charge on any atom is 0.0634 e. The van der Waals surface area contributed by atoms with Crippen molar-refractivity contribution in [2.24, 2.45) is 11.8 Å². The van der Waals surface area contributed by atoms with Crippen molar-refractivity contribution >= 4 is 0 Å². The molecule has 0 aromatic carbocycles. The van der Waals surface area contributed by atoms with Crippen LogP contribution in [0.5, 0.6) is 0 Å². The molecule has 2 heterocycles. The van der Waals surface area contributed by atoms with Crippen molar-refractivity contribution < 1.29 is 4.74 Å². The molecule has 1 heteroatoms. The Labute approximate surface area is 62.8 Å². The summed E-state index contributed by atoms with van der Waals surface area (Å²) >= 11 is 0. The van der Waals surface area contributed by atoms with Crippen LogP contribution >= 0.6 is 0 Å². The lowest BCUT2D eigenvalue weighted by Gasteiger charge is -2.48. The van der Waals surface area contributed by atoms with Gasteiger partial charge in [0.2, 0.25) is 0 Å². The van der Waals surface area contributed by atoms with E-state index >= 15 is 0 Å². The Morgan fingerprint density at radius 2 is 2.00 bits per heavy atom. The third-order valence-electron chi connectivity index (χ3n) is 3.02. The second kappa shape index (κ2) is 2.23. The van der Waals surface area contributed by atoms with E-state index in [9.17, 15) is 0 Å². The molecule has 2 aliphatic heterocycles. The summed E-state index contributed by atoms with van der Waals surface area (Å²) in [6.45, 7) is 4.62. The van der Waals surface area contributed by atoms with Crippen LogP contribution in [0.1, 0.15) is 33.1 Å². The highest BCUT2D eigenvalue weighted by Crippen LogP contribution is 2.41. The Balaban J connectivity index is 1.96. The topological polar surface area (TPSA) is 9.23 Å². The van der Waals surface area contributed by atoms with Gasteiger partial charge >= 0.3 is 0 Å². The minimum atomic E-state index is 0.638. The van der Waals surface area contributed by atoms with E-state index in [4.69, 9.17) is 4.74 Å². The second-order valence-electron chi connectivity index (χ2n) is 4.02. The molecule has 3 rings (SSSR count). The Hall–Kier alpha value is -0.0400. The molecule has 3 atom stereocenters. The quantitative estimate of drug-likeness (QED) is 0.542. The molecule has 3 fully saturated rings. The zero-order valence-corrected chi connectivity index (χ0v) is 6.84. The summed E-state index contributed by atoms with van der Waals surface area (Å²) < 4.78 is 5.65. The van der Waals surface area contributed by atoms with Gasteiger partial charge in [-0.3, -0.25) is 0 Å². The number of hydrogen-bond acceptors (Lipinski definition) is 1. The van der Waals surface area contributed by atoms with Crippen molar-refractivity contribution in [3.05, 3.63) is 0 Å². The standard InChI is InChI=1S/C9H16O/c1-6(2)8-4-3-7-5-9(8)10-7/h6-9H,3-5H2,1-2H3. The summed E-state index contributed by atoms with van der Waals surface area (Å²) in [6.07, 6.45) is 5.37. The summed E-state index contributed by atoms with van der Waals surface area (Å²) in [6, 6.07) is 0. The summed E-state index contributed by atoms with van der Waals surface area (Å²) in [5.41, 5.74) is 0. The van der Waals surface area contributed by atoms with E-state index in [1.54, 1.807) is 0 Å². The Bertz CT molecular complexity index is 122. The van der Waals surface area contributed by atoms with Crippen LogP contribution in [0.25, 0.3) is 0 Å². The van der Waals surface area contributed by atoms with Crippen molar-refractivity contribution in [2.45, 2.75) is 45.3 Å². The van der Waals surface area contributed by atoms with E-state index in [0.717, 1.165) is 11.8 Å². The summed E-state index contributed by atoms with van der Waals surface area (Å²) in [4.78, 5) is 0. The van der Waals surface area contributed by atoms with Crippen LogP contribution in [0.15, 0.2) is 0 Å². The molecule has 0 aromatic rings. The minimum absolute atomic E-state index is 0.638. The number of rotatable bonds is 1. The zero-order chi connectivity index (χ0) is 7.14. The first-order valence-corrected chi connectivity index (χ1v) is 4.43. The third kappa shape index (κ3) is 0.878. The Kier molecular flexibility index (Phi) is 1.48. The fraction of sp³-hybridized carbons (Fsp3) is 1.00. The van der Waals surface area contributed by atoms with Crippen molar-refractivity contribution in [2.75, 3.05) is 0 Å². The SMILES string of the molecule is CC(C)C1CCC2CC1O2. The van der Waals surface area contributed by atoms with Gasteiger partial charge in [0.05, 0.1) is 12.2 Å². The highest BCUT2D eigenvalue weighted by molar-refractivity contribution is 4.90. The normalized spacial score (nSPS) is 45.3. The zero-order valence-electron chi connectivity index (χ0n) is 6.84. The summed E-state index contributed by atoms with van der Waals surface area (Å²) in [5.74, 6) is 1.69. The van der Waals surface area contributed by atoms with Crippen molar-refractivity contribution in [1.29, 1.82) is 0 Å². The third-order valence-corrected chi connectivity index (χ3v) is 3.02. The van der Waals surface area contributed by atoms with Crippen LogP contribution in [-0.2, 0) is 4.74 Å². The Morgan fingerprint density at radius 3 is 2.30 bits per heavy atom. The maximum absolute atomic E-state index is 5.65. The van der Waals surface area contributed by atoms with E-state index in [1.165, 1.54) is 19.3 Å². The van der Waals surface area contributed by atoms with Gasteiger partial charge in [-0.25, -0.2) is 0 Å². The summed E-state index contributed by atoms with van der Waals surface area (Å²) in [7, 11) is 0. The molecule has 10 heavy (non-hydrogen) atoms. The molecule has 0 amide bonds. The molecule has 1 aliphatic carbocycles. The van der Waals surface area contributed by atoms with Gasteiger partial charge in [0.15, 0.2) is 0 Å². The monoisotopic (exact) mass is 140 g/mol. The molecule has 3 aliphatic rings. The molecular formula is C9H16O. The van der Waals surface area contributed by atoms with Gasteiger partial charge in [0.1, 0.15) is 0 Å². The van der Waals surface area contributed by atoms with E-state index in [0.29, 0.717) is 12.2 Å². The van der Waals surface area contributed by atoms with E-state index in [2.05, 4.69) is 13.8 Å². The molecule has 1 saturated carbocycles. The molecule has 3 unspecified atom stereocenters. The van der Waals surface area contributed by atoms with Gasteiger partial charge in [0.25, 0.3) is 0 Å². The van der Waals surface area contributed by atoms with Crippen LogP contribution in [0.4, 0.5) is 0 Å². The van der Waals surface area contributed by atoms with Gasteiger partial charge < -0.3 is 4.74 Å². The van der Waals surface area contributed by atoms with Crippen LogP contribution in [0, 0.1) is 11.8 Å². The molecule has 0 spiro atoms. The molecule has 0 N–H and O–H groups in total. The average Bonchev–Trinajstić information content (AvgIpc) is 1.86. The van der Waals surface area contributed by atoms with Gasteiger partial charge in [0, 0.05) is 6.42 Å². The lowest BCUT2D eigenvalue weighted by Crippen LogP contribution is -2.49. The molecule has 58 valence electrons. The van der Waals surface area contributed by atoms with Crippen LogP contribution in [0.2, 0.25) is 0 Å². The predicted molar refractivity (Wildman–Crippen MR) is 40.8 cm³/mol. The summed E-state index contributed by atoms with van der Waals surface area (Å²) in [5, 5.41) is 0. The fourth-order valence-corrected chi connectivity index (χ4v) is 2.28. The number of fused-ring (bicyclic) bond motifs is 2. The number of ether oxygens (including phenoxy) is 1. The molecular weight excluding hydrogens is 124 g/mol. The predicted octanol–water partition coefficient (Wildman–Crippen LogP) is 2.21. The largest absolute Gasteiger partial charge is 0.374 e. The smallest absolute Gasteiger partial charge is 0.0634 e. The van der Waals surface area contributed by atoms with Crippen LogP contribution < -0.4 is 0 Å². The van der Waals surface area contributed by atoms with Crippen molar-refractivity contribution in [1.82, 2.24) is 0 Å². The van der Waals surface area contributed by atoms with E-state index < -0.39 is 0 Å². The Morgan fingerprint density at radius 1 is 1.30 bits per heavy atom. The van der Waals surface area contributed by atoms with Gasteiger partial charge in [-0.2, -0.15) is 0 Å². The highest BCUT2D eigenvalue weighted by Gasteiger charge is 2.41. The van der Waals surface area contributed by atoms with Crippen LogP contribution in [0.3, 0.4) is 0 Å². The minimum Gasteiger partial charge on any atom is -0.374 e. The lowest BCUT2D eigenvalue weighted by atomic mass is 9.74.